The normalized spacial score (nSPS) is 15.1. The summed E-state index contributed by atoms with van der Waals surface area (Å²) in [6.45, 7) is 7.53. The summed E-state index contributed by atoms with van der Waals surface area (Å²) < 4.78 is 5.71. The van der Waals surface area contributed by atoms with Gasteiger partial charge in [0, 0.05) is 25.6 Å². The molecule has 1 fully saturated rings. The summed E-state index contributed by atoms with van der Waals surface area (Å²) in [6, 6.07) is 6.06. The molecule has 0 saturated carbocycles. The Bertz CT molecular complexity index is 593. The molecule has 25 heavy (non-hydrogen) atoms. The zero-order chi connectivity index (χ0) is 18.2. The predicted octanol–water partition coefficient (Wildman–Crippen LogP) is 2.98. The van der Waals surface area contributed by atoms with Gasteiger partial charge in [-0.1, -0.05) is 25.5 Å². The number of nitrogens with one attached hydrogen (secondary N) is 1. The van der Waals surface area contributed by atoms with Crippen molar-refractivity contribution in [2.45, 2.75) is 58.9 Å². The Morgan fingerprint density at radius 2 is 1.96 bits per heavy atom. The number of ether oxygens (including phenoxy) is 1. The molecular weight excluding hydrogens is 316 g/mol. The quantitative estimate of drug-likeness (QED) is 0.826. The van der Waals surface area contributed by atoms with E-state index in [0.717, 1.165) is 42.6 Å². The van der Waals surface area contributed by atoms with Crippen LogP contribution in [0.1, 0.15) is 50.2 Å². The first-order valence-corrected chi connectivity index (χ1v) is 9.27. The first-order valence-electron chi connectivity index (χ1n) is 9.27. The van der Waals surface area contributed by atoms with Crippen molar-refractivity contribution in [2.24, 2.45) is 0 Å². The molecule has 1 heterocycles. The molecule has 2 rings (SSSR count). The van der Waals surface area contributed by atoms with Gasteiger partial charge in [-0.3, -0.25) is 9.59 Å². The molecule has 1 aromatic rings. The minimum Gasteiger partial charge on any atom is -0.483 e. The highest BCUT2D eigenvalue weighted by Crippen LogP contribution is 2.20. The molecule has 0 unspecified atom stereocenters. The lowest BCUT2D eigenvalue weighted by molar-refractivity contribution is -0.134. The highest BCUT2D eigenvalue weighted by atomic mass is 16.5. The van der Waals surface area contributed by atoms with Crippen LogP contribution in [0.5, 0.6) is 5.75 Å². The summed E-state index contributed by atoms with van der Waals surface area (Å²) in [4.78, 5) is 26.0. The van der Waals surface area contributed by atoms with Crippen molar-refractivity contribution in [1.82, 2.24) is 10.2 Å². The maximum absolute atomic E-state index is 12.4. The van der Waals surface area contributed by atoms with Gasteiger partial charge < -0.3 is 15.0 Å². The van der Waals surface area contributed by atoms with Crippen molar-refractivity contribution >= 4 is 11.8 Å². The second-order valence-corrected chi connectivity index (χ2v) is 6.81. The zero-order valence-electron chi connectivity index (χ0n) is 15.6. The predicted molar refractivity (Wildman–Crippen MR) is 98.7 cm³/mol. The first kappa shape index (κ1) is 19.3. The molecule has 138 valence electrons. The van der Waals surface area contributed by atoms with Crippen LogP contribution in [0.25, 0.3) is 0 Å². The van der Waals surface area contributed by atoms with Crippen molar-refractivity contribution in [3.05, 3.63) is 29.3 Å². The van der Waals surface area contributed by atoms with E-state index in [4.69, 9.17) is 4.74 Å². The summed E-state index contributed by atoms with van der Waals surface area (Å²) in [7, 11) is 0. The molecule has 1 aliphatic heterocycles. The number of carbonyl (C=O) groups is 2. The summed E-state index contributed by atoms with van der Waals surface area (Å²) >= 11 is 0. The van der Waals surface area contributed by atoms with Crippen LogP contribution >= 0.6 is 0 Å². The van der Waals surface area contributed by atoms with Crippen LogP contribution in [0.15, 0.2) is 18.2 Å². The number of aryl methyl sites for hydroxylation is 1. The van der Waals surface area contributed by atoms with Gasteiger partial charge in [0.05, 0.1) is 0 Å². The third kappa shape index (κ3) is 5.76. The average Bonchev–Trinajstić information content (AvgIpc) is 2.61. The van der Waals surface area contributed by atoms with Gasteiger partial charge in [0.15, 0.2) is 6.61 Å². The molecule has 0 radical (unpaired) electrons. The Hall–Kier alpha value is -2.04. The molecule has 2 amide bonds. The fourth-order valence-electron chi connectivity index (χ4n) is 3.02. The van der Waals surface area contributed by atoms with E-state index < -0.39 is 0 Å². The van der Waals surface area contributed by atoms with Gasteiger partial charge in [-0.25, -0.2) is 0 Å². The highest BCUT2D eigenvalue weighted by Gasteiger charge is 2.24. The number of unbranched alkanes of at least 4 members (excludes halogenated alkanes) is 1. The molecule has 5 nitrogen and oxygen atoms in total. The number of hydrogen-bond donors (Lipinski definition) is 1. The molecule has 5 heteroatoms. The maximum Gasteiger partial charge on any atom is 0.260 e. The van der Waals surface area contributed by atoms with Gasteiger partial charge in [0.25, 0.3) is 5.91 Å². The van der Waals surface area contributed by atoms with Crippen molar-refractivity contribution in [3.63, 3.8) is 0 Å². The Morgan fingerprint density at radius 1 is 1.24 bits per heavy atom. The Morgan fingerprint density at radius 3 is 2.64 bits per heavy atom. The van der Waals surface area contributed by atoms with E-state index in [1.807, 2.05) is 36.9 Å². The first-order chi connectivity index (χ1) is 12.0. The number of rotatable bonds is 7. The van der Waals surface area contributed by atoms with E-state index in [-0.39, 0.29) is 24.5 Å². The summed E-state index contributed by atoms with van der Waals surface area (Å²) in [5.41, 5.74) is 2.23. The van der Waals surface area contributed by atoms with Crippen molar-refractivity contribution in [2.75, 3.05) is 19.7 Å². The lowest BCUT2D eigenvalue weighted by Gasteiger charge is -2.32. The fraction of sp³-hybridized carbons (Fsp3) is 0.600. The summed E-state index contributed by atoms with van der Waals surface area (Å²) in [5.74, 6) is 0.910. The van der Waals surface area contributed by atoms with E-state index in [0.29, 0.717) is 19.5 Å². The van der Waals surface area contributed by atoms with Crippen LogP contribution in [0.2, 0.25) is 0 Å². The number of amides is 2. The topological polar surface area (TPSA) is 58.6 Å². The van der Waals surface area contributed by atoms with Crippen LogP contribution in [-0.4, -0.2) is 42.5 Å². The molecule has 0 aromatic heterocycles. The van der Waals surface area contributed by atoms with Crippen LogP contribution in [0.4, 0.5) is 0 Å². The number of likely N-dealkylation sites (tertiary alicyclic amines) is 1. The number of hydrogen-bond acceptors (Lipinski definition) is 3. The molecule has 1 N–H and O–H groups in total. The molecule has 0 aliphatic carbocycles. The zero-order valence-corrected chi connectivity index (χ0v) is 15.6. The smallest absolute Gasteiger partial charge is 0.260 e. The van der Waals surface area contributed by atoms with E-state index in [1.165, 1.54) is 0 Å². The Labute approximate surface area is 150 Å². The Balaban J connectivity index is 1.74. The van der Waals surface area contributed by atoms with E-state index in [9.17, 15) is 9.59 Å². The van der Waals surface area contributed by atoms with E-state index in [1.54, 1.807) is 0 Å². The SMILES string of the molecule is CCCCC(=O)NC1CCN(C(=O)COc2cccc(C)c2C)CC1. The molecule has 1 saturated heterocycles. The Kier molecular flexibility index (Phi) is 7.29. The summed E-state index contributed by atoms with van der Waals surface area (Å²) in [6.07, 6.45) is 4.18. The third-order valence-electron chi connectivity index (χ3n) is 4.88. The minimum atomic E-state index is 0.0108. The van der Waals surface area contributed by atoms with Gasteiger partial charge in [-0.2, -0.15) is 0 Å². The van der Waals surface area contributed by atoms with Gasteiger partial charge >= 0.3 is 0 Å². The minimum absolute atomic E-state index is 0.0108. The van der Waals surface area contributed by atoms with Gasteiger partial charge in [0.1, 0.15) is 5.75 Å². The van der Waals surface area contributed by atoms with E-state index in [2.05, 4.69) is 12.2 Å². The summed E-state index contributed by atoms with van der Waals surface area (Å²) in [5, 5.41) is 3.08. The van der Waals surface area contributed by atoms with E-state index >= 15 is 0 Å². The molecule has 0 bridgehead atoms. The van der Waals surface area contributed by atoms with Crippen LogP contribution in [-0.2, 0) is 9.59 Å². The number of nitrogens with zero attached hydrogens (tertiary/aromatic N) is 1. The van der Waals surface area contributed by atoms with Crippen molar-refractivity contribution in [1.29, 1.82) is 0 Å². The monoisotopic (exact) mass is 346 g/mol. The molecule has 1 aromatic carbocycles. The molecule has 0 atom stereocenters. The standard InChI is InChI=1S/C20H30N2O3/c1-4-5-9-19(23)21-17-10-12-22(13-11-17)20(24)14-25-18-8-6-7-15(2)16(18)3/h6-8,17H,4-5,9-14H2,1-3H3,(H,21,23). The lowest BCUT2D eigenvalue weighted by Crippen LogP contribution is -2.47. The van der Waals surface area contributed by atoms with Gasteiger partial charge in [-0.15, -0.1) is 0 Å². The average molecular weight is 346 g/mol. The largest absolute Gasteiger partial charge is 0.483 e. The van der Waals surface area contributed by atoms with Crippen LogP contribution in [0.3, 0.4) is 0 Å². The van der Waals surface area contributed by atoms with Gasteiger partial charge in [0.2, 0.25) is 5.91 Å². The second kappa shape index (κ2) is 9.44. The molecule has 0 spiro atoms. The third-order valence-corrected chi connectivity index (χ3v) is 4.88. The van der Waals surface area contributed by atoms with Crippen LogP contribution in [0, 0.1) is 13.8 Å². The fourth-order valence-corrected chi connectivity index (χ4v) is 3.02. The van der Waals surface area contributed by atoms with Crippen LogP contribution < -0.4 is 10.1 Å². The number of benzene rings is 1. The molecular formula is C20H30N2O3. The van der Waals surface area contributed by atoms with Crippen molar-refractivity contribution < 1.29 is 14.3 Å². The molecule has 1 aliphatic rings. The number of piperidine rings is 1. The highest BCUT2D eigenvalue weighted by molar-refractivity contribution is 5.78. The van der Waals surface area contributed by atoms with Crippen molar-refractivity contribution in [3.8, 4) is 5.75 Å². The lowest BCUT2D eigenvalue weighted by atomic mass is 10.0. The number of carbonyl (C=O) groups excluding carboxylic acids is 2. The maximum atomic E-state index is 12.4. The second-order valence-electron chi connectivity index (χ2n) is 6.81. The van der Waals surface area contributed by atoms with Gasteiger partial charge in [-0.05, 0) is 50.3 Å².